The van der Waals surface area contributed by atoms with Gasteiger partial charge in [0.25, 0.3) is 0 Å². The van der Waals surface area contributed by atoms with Crippen molar-refractivity contribution in [2.24, 2.45) is 5.92 Å². The molecule has 1 fully saturated rings. The molecule has 0 saturated carbocycles. The molecule has 8 heteroatoms. The molecule has 0 radical (unpaired) electrons. The Kier molecular flexibility index (Phi) is 6.08. The second-order valence-electron chi connectivity index (χ2n) is 6.42. The van der Waals surface area contributed by atoms with Gasteiger partial charge < -0.3 is 20.4 Å². The molecule has 0 aromatic carbocycles. The van der Waals surface area contributed by atoms with E-state index >= 15 is 0 Å². The van der Waals surface area contributed by atoms with Crippen molar-refractivity contribution in [1.29, 1.82) is 0 Å². The van der Waals surface area contributed by atoms with Gasteiger partial charge in [-0.2, -0.15) is 0 Å². The van der Waals surface area contributed by atoms with Gasteiger partial charge in [-0.25, -0.2) is 14.8 Å². The van der Waals surface area contributed by atoms with Gasteiger partial charge in [-0.3, -0.25) is 4.98 Å². The Bertz CT molecular complexity index is 755. The van der Waals surface area contributed by atoms with Gasteiger partial charge in [-0.05, 0) is 43.5 Å². The van der Waals surface area contributed by atoms with Gasteiger partial charge in [0.05, 0.1) is 17.0 Å². The maximum atomic E-state index is 11.1. The SMILES string of the molecule is O=C(O)c1ccnc(-c2ccnc(NCCN3CCCC(CO)C3)n2)c1. The molecule has 0 amide bonds. The lowest BCUT2D eigenvalue weighted by Crippen LogP contribution is -2.39. The van der Waals surface area contributed by atoms with E-state index in [0.29, 0.717) is 29.8 Å². The summed E-state index contributed by atoms with van der Waals surface area (Å²) >= 11 is 0. The Labute approximate surface area is 151 Å². The first-order valence-corrected chi connectivity index (χ1v) is 8.75. The lowest BCUT2D eigenvalue weighted by Gasteiger charge is -2.31. The number of anilines is 1. The summed E-state index contributed by atoms with van der Waals surface area (Å²) in [5.74, 6) is -0.138. The summed E-state index contributed by atoms with van der Waals surface area (Å²) in [6.45, 7) is 3.77. The average Bonchev–Trinajstić information content (AvgIpc) is 2.68. The van der Waals surface area contributed by atoms with Crippen LogP contribution in [0, 0.1) is 5.92 Å². The summed E-state index contributed by atoms with van der Waals surface area (Å²) in [5.41, 5.74) is 1.24. The van der Waals surface area contributed by atoms with Gasteiger partial charge >= 0.3 is 5.97 Å². The normalized spacial score (nSPS) is 17.8. The van der Waals surface area contributed by atoms with Crippen molar-refractivity contribution in [3.8, 4) is 11.4 Å². The minimum absolute atomic E-state index is 0.173. The molecule has 3 rings (SSSR count). The number of carboxylic acid groups (broad SMARTS) is 1. The molecule has 3 N–H and O–H groups in total. The predicted molar refractivity (Wildman–Crippen MR) is 97.0 cm³/mol. The zero-order valence-corrected chi connectivity index (χ0v) is 14.5. The molecule has 3 heterocycles. The van der Waals surface area contributed by atoms with E-state index in [-0.39, 0.29) is 12.2 Å². The molecule has 1 aliphatic heterocycles. The van der Waals surface area contributed by atoms with E-state index in [0.717, 1.165) is 32.5 Å². The molecule has 0 aliphatic carbocycles. The van der Waals surface area contributed by atoms with Crippen LogP contribution in [0.1, 0.15) is 23.2 Å². The molecule has 138 valence electrons. The molecule has 26 heavy (non-hydrogen) atoms. The van der Waals surface area contributed by atoms with Gasteiger partial charge in [0.15, 0.2) is 0 Å². The van der Waals surface area contributed by atoms with Crippen molar-refractivity contribution in [2.45, 2.75) is 12.8 Å². The van der Waals surface area contributed by atoms with E-state index in [1.165, 1.54) is 18.3 Å². The number of hydrogen-bond donors (Lipinski definition) is 3. The number of aliphatic hydroxyl groups is 1. The van der Waals surface area contributed by atoms with Gasteiger partial charge in [0, 0.05) is 38.6 Å². The molecular formula is C18H23N5O3. The van der Waals surface area contributed by atoms with Crippen molar-refractivity contribution in [1.82, 2.24) is 19.9 Å². The molecule has 2 aromatic heterocycles. The fourth-order valence-electron chi connectivity index (χ4n) is 3.12. The number of likely N-dealkylation sites (tertiary alicyclic amines) is 1. The smallest absolute Gasteiger partial charge is 0.335 e. The summed E-state index contributed by atoms with van der Waals surface area (Å²) in [5, 5.41) is 21.6. The molecule has 1 atom stereocenters. The third-order valence-electron chi connectivity index (χ3n) is 4.50. The molecular weight excluding hydrogens is 334 g/mol. The Hall–Kier alpha value is -2.58. The van der Waals surface area contributed by atoms with Crippen LogP contribution in [-0.4, -0.2) is 68.8 Å². The molecule has 8 nitrogen and oxygen atoms in total. The van der Waals surface area contributed by atoms with E-state index in [4.69, 9.17) is 5.11 Å². The summed E-state index contributed by atoms with van der Waals surface area (Å²) in [6, 6.07) is 4.65. The first-order chi connectivity index (χ1) is 12.7. The highest BCUT2D eigenvalue weighted by Crippen LogP contribution is 2.17. The van der Waals surface area contributed by atoms with Crippen LogP contribution >= 0.6 is 0 Å². The largest absolute Gasteiger partial charge is 0.478 e. The Morgan fingerprint density at radius 3 is 2.92 bits per heavy atom. The number of nitrogens with zero attached hydrogens (tertiary/aromatic N) is 4. The number of aromatic carboxylic acids is 1. The quantitative estimate of drug-likeness (QED) is 0.681. The van der Waals surface area contributed by atoms with Gasteiger partial charge in [-0.15, -0.1) is 0 Å². The molecule has 2 aromatic rings. The number of nitrogens with one attached hydrogen (secondary N) is 1. The lowest BCUT2D eigenvalue weighted by atomic mass is 9.99. The number of rotatable bonds is 7. The number of aromatic nitrogens is 3. The van der Waals surface area contributed by atoms with Gasteiger partial charge in [0.2, 0.25) is 5.95 Å². The van der Waals surface area contributed by atoms with Crippen LogP contribution in [0.25, 0.3) is 11.4 Å². The van der Waals surface area contributed by atoms with Crippen molar-refractivity contribution < 1.29 is 15.0 Å². The third kappa shape index (κ3) is 4.74. The zero-order chi connectivity index (χ0) is 18.4. The van der Waals surface area contributed by atoms with Gasteiger partial charge in [-0.1, -0.05) is 0 Å². The first kappa shape index (κ1) is 18.2. The van der Waals surface area contributed by atoms with Gasteiger partial charge in [0.1, 0.15) is 0 Å². The minimum atomic E-state index is -0.997. The van der Waals surface area contributed by atoms with Crippen LogP contribution in [0.4, 0.5) is 5.95 Å². The highest BCUT2D eigenvalue weighted by atomic mass is 16.4. The maximum Gasteiger partial charge on any atom is 0.335 e. The summed E-state index contributed by atoms with van der Waals surface area (Å²) < 4.78 is 0. The first-order valence-electron chi connectivity index (χ1n) is 8.75. The Morgan fingerprint density at radius 2 is 2.12 bits per heavy atom. The van der Waals surface area contributed by atoms with Crippen molar-refractivity contribution in [3.05, 3.63) is 36.2 Å². The fourth-order valence-corrected chi connectivity index (χ4v) is 3.12. The van der Waals surface area contributed by atoms with E-state index in [2.05, 4.69) is 25.2 Å². The molecule has 1 unspecified atom stereocenters. The van der Waals surface area contributed by atoms with Crippen molar-refractivity contribution in [3.63, 3.8) is 0 Å². The topological polar surface area (TPSA) is 111 Å². The van der Waals surface area contributed by atoms with E-state index in [1.807, 2.05) is 0 Å². The molecule has 1 saturated heterocycles. The average molecular weight is 357 g/mol. The van der Waals surface area contributed by atoms with Crippen molar-refractivity contribution in [2.75, 3.05) is 38.1 Å². The Morgan fingerprint density at radius 1 is 1.27 bits per heavy atom. The minimum Gasteiger partial charge on any atom is -0.478 e. The second kappa shape index (κ2) is 8.68. The summed E-state index contributed by atoms with van der Waals surface area (Å²) in [6.07, 6.45) is 5.29. The van der Waals surface area contributed by atoms with Crippen LogP contribution < -0.4 is 5.32 Å². The summed E-state index contributed by atoms with van der Waals surface area (Å²) in [4.78, 5) is 26.3. The standard InChI is InChI=1S/C18H23N5O3/c24-12-13-2-1-8-23(11-13)9-7-21-18-20-6-4-15(22-18)16-10-14(17(25)26)3-5-19-16/h3-6,10,13,24H,1-2,7-9,11-12H2,(H,25,26)(H,20,21,22). The molecule has 1 aliphatic rings. The number of carboxylic acids is 1. The van der Waals surface area contributed by atoms with Crippen molar-refractivity contribution >= 4 is 11.9 Å². The number of hydrogen-bond acceptors (Lipinski definition) is 7. The predicted octanol–water partition coefficient (Wildman–Crippen LogP) is 1.35. The van der Waals surface area contributed by atoms with E-state index < -0.39 is 5.97 Å². The highest BCUT2D eigenvalue weighted by molar-refractivity contribution is 5.88. The highest BCUT2D eigenvalue weighted by Gasteiger charge is 2.18. The number of pyridine rings is 1. The molecule has 0 spiro atoms. The maximum absolute atomic E-state index is 11.1. The van der Waals surface area contributed by atoms with Crippen LogP contribution in [0.2, 0.25) is 0 Å². The van der Waals surface area contributed by atoms with Crippen LogP contribution in [-0.2, 0) is 0 Å². The van der Waals surface area contributed by atoms with E-state index in [9.17, 15) is 9.90 Å². The van der Waals surface area contributed by atoms with Crippen LogP contribution in [0.5, 0.6) is 0 Å². The third-order valence-corrected chi connectivity index (χ3v) is 4.50. The zero-order valence-electron chi connectivity index (χ0n) is 14.5. The monoisotopic (exact) mass is 357 g/mol. The number of carbonyl (C=O) groups is 1. The number of aliphatic hydroxyl groups excluding tert-OH is 1. The molecule has 0 bridgehead atoms. The summed E-state index contributed by atoms with van der Waals surface area (Å²) in [7, 11) is 0. The second-order valence-corrected chi connectivity index (χ2v) is 6.42. The number of piperidine rings is 1. The van der Waals surface area contributed by atoms with Crippen LogP contribution in [0.3, 0.4) is 0 Å². The van der Waals surface area contributed by atoms with E-state index in [1.54, 1.807) is 12.3 Å². The lowest BCUT2D eigenvalue weighted by molar-refractivity contribution is 0.0697. The Balaban J connectivity index is 1.59. The fraction of sp³-hybridized carbons (Fsp3) is 0.444. The van der Waals surface area contributed by atoms with Crippen LogP contribution in [0.15, 0.2) is 30.6 Å².